The molecule has 1 amide bonds. The average molecular weight is 328 g/mol. The van der Waals surface area contributed by atoms with Gasteiger partial charge in [-0.2, -0.15) is 0 Å². The van der Waals surface area contributed by atoms with Crippen molar-refractivity contribution in [3.63, 3.8) is 0 Å². The highest BCUT2D eigenvalue weighted by molar-refractivity contribution is 6.04. The highest BCUT2D eigenvalue weighted by Crippen LogP contribution is 2.23. The molecular formula is C18H20N2O4. The Bertz CT molecular complexity index is 741. The zero-order valence-corrected chi connectivity index (χ0v) is 13.9. The lowest BCUT2D eigenvalue weighted by atomic mass is 10.1. The van der Waals surface area contributed by atoms with Crippen LogP contribution in [0.5, 0.6) is 5.75 Å². The Hall–Kier alpha value is -2.89. The van der Waals surface area contributed by atoms with Crippen LogP contribution in [0.1, 0.15) is 36.2 Å². The van der Waals surface area contributed by atoms with Crippen LogP contribution in [-0.4, -0.2) is 16.9 Å². The molecule has 24 heavy (non-hydrogen) atoms. The molecule has 0 aliphatic rings. The van der Waals surface area contributed by atoms with Gasteiger partial charge in [0.15, 0.2) is 0 Å². The SMILES string of the molecule is CCC(C)Oc1ccc(C(=O)Nc2cc([N+](=O)[O-])ccc2C)cc1. The first-order valence-corrected chi connectivity index (χ1v) is 7.73. The Labute approximate surface area is 140 Å². The molecule has 1 N–H and O–H groups in total. The first-order valence-electron chi connectivity index (χ1n) is 7.73. The highest BCUT2D eigenvalue weighted by atomic mass is 16.6. The van der Waals surface area contributed by atoms with Crippen molar-refractivity contribution in [3.8, 4) is 5.75 Å². The molecule has 0 radical (unpaired) electrons. The summed E-state index contributed by atoms with van der Waals surface area (Å²) >= 11 is 0. The maximum atomic E-state index is 12.3. The molecular weight excluding hydrogens is 308 g/mol. The Balaban J connectivity index is 2.12. The van der Waals surface area contributed by atoms with Gasteiger partial charge in [-0.05, 0) is 50.1 Å². The minimum absolute atomic E-state index is 0.0619. The van der Waals surface area contributed by atoms with Crippen LogP contribution in [0, 0.1) is 17.0 Å². The van der Waals surface area contributed by atoms with Crippen LogP contribution >= 0.6 is 0 Å². The number of aryl methyl sites for hydroxylation is 1. The van der Waals surface area contributed by atoms with E-state index in [1.54, 1.807) is 37.3 Å². The molecule has 0 aliphatic heterocycles. The van der Waals surface area contributed by atoms with E-state index in [-0.39, 0.29) is 17.7 Å². The number of benzene rings is 2. The fraction of sp³-hybridized carbons (Fsp3) is 0.278. The predicted molar refractivity (Wildman–Crippen MR) is 92.6 cm³/mol. The number of ether oxygens (including phenoxy) is 1. The summed E-state index contributed by atoms with van der Waals surface area (Å²) in [6.07, 6.45) is 1.01. The Kier molecular flexibility index (Phi) is 5.52. The van der Waals surface area contributed by atoms with Crippen LogP contribution in [0.3, 0.4) is 0 Å². The van der Waals surface area contributed by atoms with Crippen molar-refractivity contribution in [2.75, 3.05) is 5.32 Å². The molecule has 2 aromatic carbocycles. The zero-order chi connectivity index (χ0) is 17.7. The molecule has 0 bridgehead atoms. The molecule has 0 saturated heterocycles. The molecule has 0 aliphatic carbocycles. The summed E-state index contributed by atoms with van der Waals surface area (Å²) in [4.78, 5) is 22.7. The van der Waals surface area contributed by atoms with Gasteiger partial charge in [0.1, 0.15) is 5.75 Å². The highest BCUT2D eigenvalue weighted by Gasteiger charge is 2.12. The smallest absolute Gasteiger partial charge is 0.271 e. The second kappa shape index (κ2) is 7.59. The number of anilines is 1. The van der Waals surface area contributed by atoms with Crippen molar-refractivity contribution in [3.05, 3.63) is 63.7 Å². The van der Waals surface area contributed by atoms with Crippen molar-refractivity contribution >= 4 is 17.3 Å². The topological polar surface area (TPSA) is 81.5 Å². The van der Waals surface area contributed by atoms with Crippen molar-refractivity contribution in [2.45, 2.75) is 33.3 Å². The number of nitrogens with one attached hydrogen (secondary N) is 1. The molecule has 6 nitrogen and oxygen atoms in total. The third kappa shape index (κ3) is 4.32. The summed E-state index contributed by atoms with van der Waals surface area (Å²) in [5.41, 5.74) is 1.57. The maximum Gasteiger partial charge on any atom is 0.271 e. The molecule has 1 atom stereocenters. The zero-order valence-electron chi connectivity index (χ0n) is 13.9. The van der Waals surface area contributed by atoms with Gasteiger partial charge in [-0.15, -0.1) is 0 Å². The molecule has 0 saturated carbocycles. The Morgan fingerprint density at radius 2 is 1.92 bits per heavy atom. The molecule has 1 unspecified atom stereocenters. The van der Waals surface area contributed by atoms with Crippen LogP contribution in [0.2, 0.25) is 0 Å². The summed E-state index contributed by atoms with van der Waals surface area (Å²) in [5, 5.41) is 13.6. The monoisotopic (exact) mass is 328 g/mol. The van der Waals surface area contributed by atoms with Crippen molar-refractivity contribution < 1.29 is 14.5 Å². The van der Waals surface area contributed by atoms with E-state index in [0.29, 0.717) is 17.0 Å². The van der Waals surface area contributed by atoms with Gasteiger partial charge in [-0.3, -0.25) is 14.9 Å². The van der Waals surface area contributed by atoms with Gasteiger partial charge in [0, 0.05) is 17.7 Å². The van der Waals surface area contributed by atoms with E-state index in [4.69, 9.17) is 4.74 Å². The van der Waals surface area contributed by atoms with E-state index >= 15 is 0 Å². The normalized spacial score (nSPS) is 11.6. The van der Waals surface area contributed by atoms with Gasteiger partial charge in [-0.25, -0.2) is 0 Å². The second-order valence-corrected chi connectivity index (χ2v) is 5.57. The predicted octanol–water partition coefficient (Wildman–Crippen LogP) is 4.33. The van der Waals surface area contributed by atoms with Crippen LogP contribution in [0.15, 0.2) is 42.5 Å². The first-order chi connectivity index (χ1) is 11.4. The number of nitro groups is 1. The van der Waals surface area contributed by atoms with Gasteiger partial charge in [0.2, 0.25) is 0 Å². The van der Waals surface area contributed by atoms with Crippen LogP contribution in [0.25, 0.3) is 0 Å². The lowest BCUT2D eigenvalue weighted by Crippen LogP contribution is -2.13. The van der Waals surface area contributed by atoms with E-state index < -0.39 is 4.92 Å². The third-order valence-electron chi connectivity index (χ3n) is 3.71. The van der Waals surface area contributed by atoms with Gasteiger partial charge < -0.3 is 10.1 Å². The molecule has 0 heterocycles. The van der Waals surface area contributed by atoms with Crippen molar-refractivity contribution in [1.29, 1.82) is 0 Å². The van der Waals surface area contributed by atoms with Crippen molar-refractivity contribution in [2.24, 2.45) is 0 Å². The second-order valence-electron chi connectivity index (χ2n) is 5.57. The minimum atomic E-state index is -0.490. The quantitative estimate of drug-likeness (QED) is 0.632. The number of amides is 1. The molecule has 0 fully saturated rings. The van der Waals surface area contributed by atoms with Crippen LogP contribution in [-0.2, 0) is 0 Å². The average Bonchev–Trinajstić information content (AvgIpc) is 2.57. The van der Waals surface area contributed by atoms with Crippen LogP contribution < -0.4 is 10.1 Å². The summed E-state index contributed by atoms with van der Waals surface area (Å²) in [5.74, 6) is 0.376. The largest absolute Gasteiger partial charge is 0.491 e. The van der Waals surface area contributed by atoms with E-state index in [9.17, 15) is 14.9 Å². The Morgan fingerprint density at radius 1 is 1.25 bits per heavy atom. The number of nitro benzene ring substituents is 1. The number of carbonyl (C=O) groups excluding carboxylic acids is 1. The number of hydrogen-bond donors (Lipinski definition) is 1. The molecule has 0 aromatic heterocycles. The lowest BCUT2D eigenvalue weighted by Gasteiger charge is -2.13. The lowest BCUT2D eigenvalue weighted by molar-refractivity contribution is -0.384. The number of rotatable bonds is 6. The summed E-state index contributed by atoms with van der Waals surface area (Å²) in [6.45, 7) is 5.79. The maximum absolute atomic E-state index is 12.3. The Morgan fingerprint density at radius 3 is 2.50 bits per heavy atom. The molecule has 2 rings (SSSR count). The molecule has 2 aromatic rings. The fourth-order valence-corrected chi connectivity index (χ4v) is 2.05. The van der Waals surface area contributed by atoms with Gasteiger partial charge in [-0.1, -0.05) is 13.0 Å². The van der Waals surface area contributed by atoms with E-state index in [0.717, 1.165) is 12.0 Å². The first kappa shape index (κ1) is 17.5. The summed E-state index contributed by atoms with van der Waals surface area (Å²) in [7, 11) is 0. The van der Waals surface area contributed by atoms with Crippen LogP contribution in [0.4, 0.5) is 11.4 Å². The van der Waals surface area contributed by atoms with E-state index in [1.165, 1.54) is 12.1 Å². The summed E-state index contributed by atoms with van der Waals surface area (Å²) in [6, 6.07) is 11.2. The summed E-state index contributed by atoms with van der Waals surface area (Å²) < 4.78 is 5.67. The van der Waals surface area contributed by atoms with Gasteiger partial charge in [0.05, 0.1) is 16.7 Å². The van der Waals surface area contributed by atoms with Gasteiger partial charge in [0.25, 0.3) is 11.6 Å². The van der Waals surface area contributed by atoms with Gasteiger partial charge >= 0.3 is 0 Å². The fourth-order valence-electron chi connectivity index (χ4n) is 2.05. The number of nitrogens with zero attached hydrogens (tertiary/aromatic N) is 1. The van der Waals surface area contributed by atoms with E-state index in [2.05, 4.69) is 5.32 Å². The minimum Gasteiger partial charge on any atom is -0.491 e. The van der Waals surface area contributed by atoms with Crippen molar-refractivity contribution in [1.82, 2.24) is 0 Å². The standard InChI is InChI=1S/C18H20N2O4/c1-4-13(3)24-16-9-6-14(7-10-16)18(21)19-17-11-15(20(22)23)8-5-12(17)2/h5-11,13H,4H2,1-3H3,(H,19,21). The molecule has 6 heteroatoms. The number of hydrogen-bond acceptors (Lipinski definition) is 4. The number of non-ortho nitro benzene ring substituents is 1. The third-order valence-corrected chi connectivity index (χ3v) is 3.71. The van der Waals surface area contributed by atoms with E-state index in [1.807, 2.05) is 13.8 Å². The molecule has 126 valence electrons. The number of carbonyl (C=O) groups is 1. The molecule has 0 spiro atoms.